The van der Waals surface area contributed by atoms with Crippen LogP contribution in [0.15, 0.2) is 48.9 Å². The molecular formula is C30H33ClFN5O6. The van der Waals surface area contributed by atoms with Crippen LogP contribution in [0.4, 0.5) is 21.6 Å². The SMILES string of the molecule is COC(=O)CCN(CCC(=O)OC)C(=O)C/C=C/Nc1cc2c(Nc3ccc(F)c(Cl)c3)ncnc2cc1OCC1CC1. The summed E-state index contributed by atoms with van der Waals surface area (Å²) >= 11 is 5.95. The van der Waals surface area contributed by atoms with Gasteiger partial charge in [0.1, 0.15) is 23.7 Å². The van der Waals surface area contributed by atoms with E-state index in [-0.39, 0.29) is 43.3 Å². The van der Waals surface area contributed by atoms with Crippen LogP contribution < -0.4 is 15.4 Å². The van der Waals surface area contributed by atoms with Crippen molar-refractivity contribution in [2.75, 3.05) is 44.5 Å². The Morgan fingerprint density at radius 2 is 1.79 bits per heavy atom. The Bertz CT molecular complexity index is 1480. The van der Waals surface area contributed by atoms with Gasteiger partial charge in [-0.15, -0.1) is 0 Å². The third kappa shape index (κ3) is 9.27. The molecular weight excluding hydrogens is 581 g/mol. The van der Waals surface area contributed by atoms with Gasteiger partial charge in [0.25, 0.3) is 0 Å². The highest BCUT2D eigenvalue weighted by Gasteiger charge is 2.23. The lowest BCUT2D eigenvalue weighted by molar-refractivity contribution is -0.142. The molecule has 11 nitrogen and oxygen atoms in total. The molecule has 43 heavy (non-hydrogen) atoms. The average molecular weight is 614 g/mol. The van der Waals surface area contributed by atoms with E-state index >= 15 is 0 Å². The predicted molar refractivity (Wildman–Crippen MR) is 160 cm³/mol. The van der Waals surface area contributed by atoms with E-state index in [0.717, 1.165) is 12.8 Å². The molecule has 1 saturated carbocycles. The third-order valence-corrected chi connectivity index (χ3v) is 7.01. The lowest BCUT2D eigenvalue weighted by Gasteiger charge is -2.21. The molecule has 3 aromatic rings. The van der Waals surface area contributed by atoms with Crippen molar-refractivity contribution in [3.8, 4) is 5.75 Å². The number of nitrogens with one attached hydrogen (secondary N) is 2. The number of esters is 2. The highest BCUT2D eigenvalue weighted by atomic mass is 35.5. The van der Waals surface area contributed by atoms with Crippen LogP contribution in [0.1, 0.15) is 32.1 Å². The van der Waals surface area contributed by atoms with Crippen LogP contribution in [-0.4, -0.2) is 66.6 Å². The number of carbonyl (C=O) groups is 3. The number of fused-ring (bicyclic) bond motifs is 1. The smallest absolute Gasteiger partial charge is 0.307 e. The first-order valence-electron chi connectivity index (χ1n) is 13.7. The number of methoxy groups -OCH3 is 2. The van der Waals surface area contributed by atoms with Crippen LogP contribution in [0.5, 0.6) is 5.75 Å². The molecule has 0 saturated heterocycles. The Labute approximate surface area is 253 Å². The number of benzene rings is 2. The molecule has 228 valence electrons. The molecule has 13 heteroatoms. The van der Waals surface area contributed by atoms with Gasteiger partial charge in [-0.2, -0.15) is 0 Å². The van der Waals surface area contributed by atoms with Crippen LogP contribution in [0.25, 0.3) is 10.9 Å². The topological polar surface area (TPSA) is 132 Å². The van der Waals surface area contributed by atoms with Crippen LogP contribution in [0.3, 0.4) is 0 Å². The Morgan fingerprint density at radius 3 is 2.44 bits per heavy atom. The van der Waals surface area contributed by atoms with Gasteiger partial charge in [0.2, 0.25) is 5.91 Å². The zero-order valence-corrected chi connectivity index (χ0v) is 24.7. The van der Waals surface area contributed by atoms with Crippen molar-refractivity contribution in [3.63, 3.8) is 0 Å². The Balaban J connectivity index is 1.50. The Morgan fingerprint density at radius 1 is 1.07 bits per heavy atom. The summed E-state index contributed by atoms with van der Waals surface area (Å²) in [7, 11) is 2.55. The van der Waals surface area contributed by atoms with Crippen molar-refractivity contribution in [2.45, 2.75) is 32.1 Å². The lowest BCUT2D eigenvalue weighted by Crippen LogP contribution is -2.34. The minimum absolute atomic E-state index is 0.00667. The Kier molecular flexibility index (Phi) is 11.1. The van der Waals surface area contributed by atoms with Crippen molar-refractivity contribution < 1.29 is 33.0 Å². The molecule has 1 heterocycles. The average Bonchev–Trinajstić information content (AvgIpc) is 3.84. The second-order valence-electron chi connectivity index (χ2n) is 9.88. The summed E-state index contributed by atoms with van der Waals surface area (Å²) in [5.74, 6) is -0.120. The number of nitrogens with zero attached hydrogens (tertiary/aromatic N) is 3. The molecule has 0 unspecified atom stereocenters. The molecule has 2 aromatic carbocycles. The molecule has 0 radical (unpaired) electrons. The molecule has 1 aliphatic carbocycles. The minimum atomic E-state index is -0.524. The monoisotopic (exact) mass is 613 g/mol. The largest absolute Gasteiger partial charge is 0.491 e. The maximum Gasteiger partial charge on any atom is 0.307 e. The number of halogens is 2. The van der Waals surface area contributed by atoms with Crippen LogP contribution in [0.2, 0.25) is 5.02 Å². The molecule has 4 rings (SSSR count). The van der Waals surface area contributed by atoms with E-state index in [1.165, 1.54) is 37.6 Å². The Hall–Kier alpha value is -4.45. The maximum atomic E-state index is 13.7. The highest BCUT2D eigenvalue weighted by molar-refractivity contribution is 6.31. The van der Waals surface area contributed by atoms with Gasteiger partial charge >= 0.3 is 11.9 Å². The van der Waals surface area contributed by atoms with Gasteiger partial charge in [-0.3, -0.25) is 14.4 Å². The van der Waals surface area contributed by atoms with Crippen molar-refractivity contribution in [1.82, 2.24) is 14.9 Å². The summed E-state index contributed by atoms with van der Waals surface area (Å²) in [5, 5.41) is 7.01. The zero-order valence-electron chi connectivity index (χ0n) is 23.9. The third-order valence-electron chi connectivity index (χ3n) is 6.72. The zero-order chi connectivity index (χ0) is 30.8. The number of anilines is 3. The van der Waals surface area contributed by atoms with Crippen LogP contribution >= 0.6 is 11.6 Å². The van der Waals surface area contributed by atoms with Crippen LogP contribution in [0, 0.1) is 11.7 Å². The molecule has 1 fully saturated rings. The molecule has 0 bridgehead atoms. The van der Waals surface area contributed by atoms with E-state index in [0.29, 0.717) is 46.4 Å². The second-order valence-corrected chi connectivity index (χ2v) is 10.3. The molecule has 1 amide bonds. The summed E-state index contributed by atoms with van der Waals surface area (Å²) in [5.41, 5.74) is 1.81. The van der Waals surface area contributed by atoms with E-state index in [1.807, 2.05) is 12.1 Å². The van der Waals surface area contributed by atoms with Gasteiger partial charge in [0, 0.05) is 36.7 Å². The number of hydrogen-bond acceptors (Lipinski definition) is 10. The van der Waals surface area contributed by atoms with E-state index in [1.54, 1.807) is 18.3 Å². The molecule has 1 aliphatic rings. The van der Waals surface area contributed by atoms with Crippen molar-refractivity contribution in [1.29, 1.82) is 0 Å². The van der Waals surface area contributed by atoms with Crippen LogP contribution in [-0.2, 0) is 23.9 Å². The first-order chi connectivity index (χ1) is 20.8. The molecule has 2 N–H and O–H groups in total. The summed E-state index contributed by atoms with van der Waals surface area (Å²) < 4.78 is 29.1. The predicted octanol–water partition coefficient (Wildman–Crippen LogP) is 5.23. The molecule has 0 atom stereocenters. The number of ether oxygens (including phenoxy) is 3. The van der Waals surface area contributed by atoms with Gasteiger partial charge in [-0.1, -0.05) is 17.7 Å². The maximum absolute atomic E-state index is 13.7. The van der Waals surface area contributed by atoms with Crippen molar-refractivity contribution >= 4 is 57.5 Å². The summed E-state index contributed by atoms with van der Waals surface area (Å²) in [6, 6.07) is 7.93. The quantitative estimate of drug-likeness (QED) is 0.220. The van der Waals surface area contributed by atoms with E-state index in [4.69, 9.17) is 16.3 Å². The first-order valence-corrected chi connectivity index (χ1v) is 14.1. The van der Waals surface area contributed by atoms with Gasteiger partial charge < -0.3 is 29.7 Å². The number of hydrogen-bond donors (Lipinski definition) is 2. The standard InChI is InChI=1S/C30H33ClFN5O6/c1-41-28(39)9-12-37(13-10-29(40)42-2)27(38)4-3-11-33-25-15-21-24(16-26(25)43-17-19-5-6-19)34-18-35-30(21)36-20-7-8-23(32)22(31)14-20/h3,7-8,11,14-16,18-19,33H,4-6,9-10,12-13,17H2,1-2H3,(H,34,35,36)/b11-3+. The molecule has 0 aliphatic heterocycles. The van der Waals surface area contributed by atoms with Gasteiger partial charge in [-0.05, 0) is 49.2 Å². The first kappa shape index (κ1) is 31.5. The van der Waals surface area contributed by atoms with Gasteiger partial charge in [0.15, 0.2) is 0 Å². The fourth-order valence-corrected chi connectivity index (χ4v) is 4.25. The highest BCUT2D eigenvalue weighted by Crippen LogP contribution is 2.36. The fourth-order valence-electron chi connectivity index (χ4n) is 4.07. The van der Waals surface area contributed by atoms with E-state index in [9.17, 15) is 18.8 Å². The normalized spacial score (nSPS) is 12.7. The van der Waals surface area contributed by atoms with E-state index < -0.39 is 17.8 Å². The number of carbonyl (C=O) groups excluding carboxylic acids is 3. The number of amides is 1. The summed E-state index contributed by atoms with van der Waals surface area (Å²) in [6.45, 7) is 0.799. The van der Waals surface area contributed by atoms with Gasteiger partial charge in [-0.25, -0.2) is 14.4 Å². The van der Waals surface area contributed by atoms with Crippen molar-refractivity contribution in [2.24, 2.45) is 5.92 Å². The number of rotatable bonds is 15. The summed E-state index contributed by atoms with van der Waals surface area (Å²) in [6.07, 6.45) is 6.96. The van der Waals surface area contributed by atoms with Gasteiger partial charge in [0.05, 0.1) is 49.9 Å². The fraction of sp³-hybridized carbons (Fsp3) is 0.367. The molecule has 1 aromatic heterocycles. The van der Waals surface area contributed by atoms with Crippen molar-refractivity contribution in [3.05, 3.63) is 59.8 Å². The second kappa shape index (κ2) is 15.1. The minimum Gasteiger partial charge on any atom is -0.491 e. The lowest BCUT2D eigenvalue weighted by atomic mass is 10.2. The summed E-state index contributed by atoms with van der Waals surface area (Å²) in [4.78, 5) is 46.3. The number of aromatic nitrogens is 2. The molecule has 0 spiro atoms. The van der Waals surface area contributed by atoms with E-state index in [2.05, 4.69) is 30.1 Å².